The summed E-state index contributed by atoms with van der Waals surface area (Å²) in [5.74, 6) is 0.356. The van der Waals surface area contributed by atoms with Gasteiger partial charge in [0.15, 0.2) is 0 Å². The molecule has 0 fully saturated rings. The summed E-state index contributed by atoms with van der Waals surface area (Å²) in [6, 6.07) is 20.0. The van der Waals surface area contributed by atoms with Crippen molar-refractivity contribution in [1.82, 2.24) is 14.9 Å². The van der Waals surface area contributed by atoms with Crippen molar-refractivity contribution >= 4 is 11.9 Å². The number of carbonyl (C=O) groups is 1. The fourth-order valence-corrected chi connectivity index (χ4v) is 2.87. The Balaban J connectivity index is 1.71. The first kappa shape index (κ1) is 19.5. The molecule has 0 unspecified atom stereocenters. The summed E-state index contributed by atoms with van der Waals surface area (Å²) in [6.45, 7) is 7.24. The maximum absolute atomic E-state index is 13.1. The van der Waals surface area contributed by atoms with Gasteiger partial charge in [-0.2, -0.15) is 0 Å². The monoisotopic (exact) mass is 374 g/mol. The van der Waals surface area contributed by atoms with E-state index < -0.39 is 0 Å². The van der Waals surface area contributed by atoms with Gasteiger partial charge in [-0.15, -0.1) is 0 Å². The Morgan fingerprint density at radius 1 is 1.00 bits per heavy atom. The van der Waals surface area contributed by atoms with Crippen molar-refractivity contribution in [2.24, 2.45) is 0 Å². The zero-order valence-electron chi connectivity index (χ0n) is 16.6. The Morgan fingerprint density at radius 3 is 2.39 bits per heavy atom. The quantitative estimate of drug-likeness (QED) is 0.664. The van der Waals surface area contributed by atoms with Gasteiger partial charge in [-0.3, -0.25) is 4.79 Å². The van der Waals surface area contributed by atoms with E-state index in [2.05, 4.69) is 46.5 Å². The van der Waals surface area contributed by atoms with Gasteiger partial charge in [0.1, 0.15) is 5.69 Å². The van der Waals surface area contributed by atoms with Crippen molar-refractivity contribution < 1.29 is 4.79 Å². The number of aryl methyl sites for hydroxylation is 1. The van der Waals surface area contributed by atoms with Crippen LogP contribution in [-0.2, 0) is 13.1 Å². The fourth-order valence-electron chi connectivity index (χ4n) is 2.87. The van der Waals surface area contributed by atoms with Crippen molar-refractivity contribution in [3.8, 4) is 0 Å². The van der Waals surface area contributed by atoms with Crippen LogP contribution in [0.4, 0.5) is 5.95 Å². The summed E-state index contributed by atoms with van der Waals surface area (Å²) in [6.07, 6.45) is 1.62. The Kier molecular flexibility index (Phi) is 6.37. The van der Waals surface area contributed by atoms with Crippen LogP contribution in [-0.4, -0.2) is 26.8 Å². The van der Waals surface area contributed by atoms with Gasteiger partial charge in [-0.25, -0.2) is 9.97 Å². The average Bonchev–Trinajstić information content (AvgIpc) is 2.72. The van der Waals surface area contributed by atoms with Crippen LogP contribution >= 0.6 is 0 Å². The van der Waals surface area contributed by atoms with Crippen LogP contribution in [0.25, 0.3) is 0 Å². The highest BCUT2D eigenvalue weighted by Gasteiger charge is 2.20. The summed E-state index contributed by atoms with van der Waals surface area (Å²) in [5.41, 5.74) is 3.85. The standard InChI is InChI=1S/C23H26N4O/c1-17(2)27(16-20-7-5-4-6-8-20)22(28)21-13-14-24-23(26-21)25-15-19-11-9-18(3)10-12-19/h4-14,17H,15-16H2,1-3H3,(H,24,25,26). The van der Waals surface area contributed by atoms with Gasteiger partial charge >= 0.3 is 0 Å². The largest absolute Gasteiger partial charge is 0.350 e. The number of hydrogen-bond donors (Lipinski definition) is 1. The Labute approximate surface area is 166 Å². The third-order valence-electron chi connectivity index (χ3n) is 4.53. The molecular formula is C23H26N4O. The number of nitrogens with one attached hydrogen (secondary N) is 1. The van der Waals surface area contributed by atoms with E-state index in [0.717, 1.165) is 11.1 Å². The first-order chi connectivity index (χ1) is 13.5. The number of hydrogen-bond acceptors (Lipinski definition) is 4. The van der Waals surface area contributed by atoms with Gasteiger partial charge in [0, 0.05) is 25.3 Å². The smallest absolute Gasteiger partial charge is 0.273 e. The average molecular weight is 374 g/mol. The van der Waals surface area contributed by atoms with Crippen LogP contribution in [0.1, 0.15) is 41.0 Å². The second-order valence-corrected chi connectivity index (χ2v) is 7.12. The molecule has 2 aromatic carbocycles. The van der Waals surface area contributed by atoms with Gasteiger partial charge in [0.2, 0.25) is 5.95 Å². The van der Waals surface area contributed by atoms with E-state index in [1.165, 1.54) is 5.56 Å². The molecule has 0 spiro atoms. The molecule has 0 radical (unpaired) electrons. The lowest BCUT2D eigenvalue weighted by Crippen LogP contribution is -2.37. The number of amides is 1. The number of nitrogens with zero attached hydrogens (tertiary/aromatic N) is 3. The molecule has 0 aliphatic rings. The predicted molar refractivity (Wildman–Crippen MR) is 112 cm³/mol. The van der Waals surface area contributed by atoms with Gasteiger partial charge in [0.05, 0.1) is 0 Å². The molecule has 1 amide bonds. The van der Waals surface area contributed by atoms with E-state index >= 15 is 0 Å². The predicted octanol–water partition coefficient (Wildman–Crippen LogP) is 4.45. The first-order valence-corrected chi connectivity index (χ1v) is 9.50. The molecule has 0 aliphatic carbocycles. The minimum Gasteiger partial charge on any atom is -0.350 e. The van der Waals surface area contributed by atoms with Crippen molar-refractivity contribution in [1.29, 1.82) is 0 Å². The molecule has 1 heterocycles. The number of benzene rings is 2. The maximum atomic E-state index is 13.1. The third kappa shape index (κ3) is 5.16. The molecule has 0 aliphatic heterocycles. The fraction of sp³-hybridized carbons (Fsp3) is 0.261. The van der Waals surface area contributed by atoms with Crippen molar-refractivity contribution in [3.63, 3.8) is 0 Å². The Bertz CT molecular complexity index is 907. The zero-order chi connectivity index (χ0) is 19.9. The molecule has 3 aromatic rings. The molecule has 0 atom stereocenters. The summed E-state index contributed by atoms with van der Waals surface area (Å²) >= 11 is 0. The molecule has 1 N–H and O–H groups in total. The van der Waals surface area contributed by atoms with Crippen molar-refractivity contribution in [2.45, 2.75) is 39.9 Å². The van der Waals surface area contributed by atoms with Crippen LogP contribution in [0.15, 0.2) is 66.9 Å². The highest BCUT2D eigenvalue weighted by atomic mass is 16.2. The third-order valence-corrected chi connectivity index (χ3v) is 4.53. The van der Waals surface area contributed by atoms with Gasteiger partial charge in [-0.05, 0) is 38.0 Å². The molecule has 0 saturated heterocycles. The maximum Gasteiger partial charge on any atom is 0.273 e. The van der Waals surface area contributed by atoms with E-state index in [4.69, 9.17) is 0 Å². The van der Waals surface area contributed by atoms with Gasteiger partial charge in [-0.1, -0.05) is 60.2 Å². The van der Waals surface area contributed by atoms with E-state index in [-0.39, 0.29) is 11.9 Å². The summed E-state index contributed by atoms with van der Waals surface area (Å²) in [5, 5.41) is 3.20. The second-order valence-electron chi connectivity index (χ2n) is 7.12. The lowest BCUT2D eigenvalue weighted by Gasteiger charge is -2.26. The molecular weight excluding hydrogens is 348 g/mol. The SMILES string of the molecule is Cc1ccc(CNc2nccc(C(=O)N(Cc3ccccc3)C(C)C)n2)cc1. The molecule has 1 aromatic heterocycles. The summed E-state index contributed by atoms with van der Waals surface area (Å²) in [4.78, 5) is 23.6. The summed E-state index contributed by atoms with van der Waals surface area (Å²) in [7, 11) is 0. The zero-order valence-corrected chi connectivity index (χ0v) is 16.6. The number of rotatable bonds is 7. The normalized spacial score (nSPS) is 10.7. The Hall–Kier alpha value is -3.21. The molecule has 5 heteroatoms. The topological polar surface area (TPSA) is 58.1 Å². The molecule has 3 rings (SSSR count). The Morgan fingerprint density at radius 2 is 1.71 bits per heavy atom. The van der Waals surface area contributed by atoms with Crippen molar-refractivity contribution in [3.05, 3.63) is 89.2 Å². The summed E-state index contributed by atoms with van der Waals surface area (Å²) < 4.78 is 0. The molecule has 0 bridgehead atoms. The highest BCUT2D eigenvalue weighted by Crippen LogP contribution is 2.13. The minimum atomic E-state index is -0.0976. The number of carbonyl (C=O) groups excluding carboxylic acids is 1. The van der Waals surface area contributed by atoms with Gasteiger partial charge < -0.3 is 10.2 Å². The molecule has 0 saturated carbocycles. The van der Waals surface area contributed by atoms with E-state index in [9.17, 15) is 4.79 Å². The van der Waals surface area contributed by atoms with Crippen LogP contribution in [0.2, 0.25) is 0 Å². The second kappa shape index (κ2) is 9.13. The lowest BCUT2D eigenvalue weighted by molar-refractivity contribution is 0.0684. The number of aromatic nitrogens is 2. The van der Waals surface area contributed by atoms with E-state index in [1.54, 1.807) is 12.3 Å². The van der Waals surface area contributed by atoms with Crippen LogP contribution < -0.4 is 5.32 Å². The van der Waals surface area contributed by atoms with Crippen LogP contribution in [0.3, 0.4) is 0 Å². The lowest BCUT2D eigenvalue weighted by atomic mass is 10.1. The molecule has 5 nitrogen and oxygen atoms in total. The van der Waals surface area contributed by atoms with Gasteiger partial charge in [0.25, 0.3) is 5.91 Å². The van der Waals surface area contributed by atoms with Crippen LogP contribution in [0, 0.1) is 6.92 Å². The number of anilines is 1. The molecule has 144 valence electrons. The van der Waals surface area contributed by atoms with E-state index in [0.29, 0.717) is 24.7 Å². The molecule has 28 heavy (non-hydrogen) atoms. The first-order valence-electron chi connectivity index (χ1n) is 9.50. The highest BCUT2D eigenvalue weighted by molar-refractivity contribution is 5.92. The van der Waals surface area contributed by atoms with E-state index in [1.807, 2.05) is 49.1 Å². The van der Waals surface area contributed by atoms with Crippen molar-refractivity contribution in [2.75, 3.05) is 5.32 Å². The van der Waals surface area contributed by atoms with Crippen LogP contribution in [0.5, 0.6) is 0 Å². The minimum absolute atomic E-state index is 0.0617.